The van der Waals surface area contributed by atoms with Crippen LogP contribution in [-0.2, 0) is 0 Å². The van der Waals surface area contributed by atoms with Crippen molar-refractivity contribution in [2.24, 2.45) is 0 Å². The van der Waals surface area contributed by atoms with Gasteiger partial charge < -0.3 is 0 Å². The molecule has 0 spiro atoms. The van der Waals surface area contributed by atoms with E-state index in [4.69, 9.17) is 0 Å². The molecule has 4 rings (SSSR count). The Morgan fingerprint density at radius 1 is 1.17 bits per heavy atom. The molecule has 0 bridgehead atoms. The molecule has 3 aromatic heterocycles. The van der Waals surface area contributed by atoms with E-state index >= 15 is 0 Å². The number of rotatable bonds is 2. The van der Waals surface area contributed by atoms with Gasteiger partial charge in [-0.05, 0) is 43.0 Å². The second-order valence-electron chi connectivity index (χ2n) is 5.39. The van der Waals surface area contributed by atoms with Crippen LogP contribution < -0.4 is 10.1 Å². The molecule has 0 fully saturated rings. The highest BCUT2D eigenvalue weighted by Gasteiger charge is 2.14. The van der Waals surface area contributed by atoms with Crippen LogP contribution >= 0.6 is 22.7 Å². The van der Waals surface area contributed by atoms with Crippen LogP contribution in [0.4, 0.5) is 0 Å². The van der Waals surface area contributed by atoms with Gasteiger partial charge in [0.2, 0.25) is 4.96 Å². The van der Waals surface area contributed by atoms with E-state index in [2.05, 4.69) is 16.3 Å². The van der Waals surface area contributed by atoms with Gasteiger partial charge in [0, 0.05) is 10.4 Å². The van der Waals surface area contributed by atoms with E-state index in [1.165, 1.54) is 16.9 Å². The number of aryl methyl sites for hydroxylation is 2. The van der Waals surface area contributed by atoms with E-state index in [1.807, 2.05) is 49.6 Å². The quantitative estimate of drug-likeness (QED) is 0.564. The van der Waals surface area contributed by atoms with E-state index in [9.17, 15) is 4.79 Å². The molecule has 0 N–H and O–H groups in total. The van der Waals surface area contributed by atoms with Crippen molar-refractivity contribution in [3.05, 3.63) is 66.6 Å². The Bertz CT molecular complexity index is 1120. The summed E-state index contributed by atoms with van der Waals surface area (Å²) in [6, 6.07) is 10.0. The number of fused-ring (bicyclic) bond motifs is 1. The summed E-state index contributed by atoms with van der Waals surface area (Å²) >= 11 is 3.01. The first-order valence-electron chi connectivity index (χ1n) is 7.14. The molecule has 1 aromatic carbocycles. The summed E-state index contributed by atoms with van der Waals surface area (Å²) in [4.78, 5) is 14.5. The third kappa shape index (κ3) is 2.40. The summed E-state index contributed by atoms with van der Waals surface area (Å²) < 4.78 is 2.29. The maximum absolute atomic E-state index is 12.8. The second-order valence-corrected chi connectivity index (χ2v) is 7.35. The molecule has 4 nitrogen and oxygen atoms in total. The molecule has 3 heterocycles. The molecule has 4 aromatic rings. The SMILES string of the molecule is Cc1cccc(-c2nnc3sc(=Cc4sccc4C)c(=O)n23)c1. The van der Waals surface area contributed by atoms with Gasteiger partial charge in [-0.2, -0.15) is 0 Å². The Hall–Kier alpha value is -2.31. The van der Waals surface area contributed by atoms with Gasteiger partial charge in [-0.1, -0.05) is 35.1 Å². The number of thiazole rings is 1. The van der Waals surface area contributed by atoms with E-state index in [0.717, 1.165) is 16.0 Å². The molecule has 0 aliphatic heterocycles. The molecule has 6 heteroatoms. The van der Waals surface area contributed by atoms with Gasteiger partial charge in [0.15, 0.2) is 5.82 Å². The van der Waals surface area contributed by atoms with E-state index in [-0.39, 0.29) is 5.56 Å². The lowest BCUT2D eigenvalue weighted by Crippen LogP contribution is -2.23. The fourth-order valence-electron chi connectivity index (χ4n) is 2.49. The summed E-state index contributed by atoms with van der Waals surface area (Å²) in [7, 11) is 0. The maximum atomic E-state index is 12.8. The minimum Gasteiger partial charge on any atom is -0.267 e. The van der Waals surface area contributed by atoms with Crippen LogP contribution in [0.5, 0.6) is 0 Å². The highest BCUT2D eigenvalue weighted by molar-refractivity contribution is 7.15. The van der Waals surface area contributed by atoms with Crippen molar-refractivity contribution in [1.82, 2.24) is 14.6 Å². The zero-order valence-electron chi connectivity index (χ0n) is 12.6. The van der Waals surface area contributed by atoms with Crippen molar-refractivity contribution in [3.8, 4) is 11.4 Å². The zero-order valence-corrected chi connectivity index (χ0v) is 14.2. The van der Waals surface area contributed by atoms with E-state index < -0.39 is 0 Å². The second kappa shape index (κ2) is 5.40. The molecule has 23 heavy (non-hydrogen) atoms. The lowest BCUT2D eigenvalue weighted by molar-refractivity contribution is 1.09. The van der Waals surface area contributed by atoms with Crippen molar-refractivity contribution >= 4 is 33.7 Å². The lowest BCUT2D eigenvalue weighted by Gasteiger charge is -1.98. The minimum absolute atomic E-state index is 0.0562. The number of nitrogens with zero attached hydrogens (tertiary/aromatic N) is 3. The molecule has 0 saturated carbocycles. The third-order valence-corrected chi connectivity index (χ3v) is 5.61. The first-order chi connectivity index (χ1) is 11.1. The van der Waals surface area contributed by atoms with Crippen LogP contribution in [0.15, 0.2) is 40.5 Å². The van der Waals surface area contributed by atoms with Gasteiger partial charge in [-0.15, -0.1) is 21.5 Å². The van der Waals surface area contributed by atoms with Gasteiger partial charge >= 0.3 is 0 Å². The van der Waals surface area contributed by atoms with Crippen LogP contribution in [0.1, 0.15) is 16.0 Å². The van der Waals surface area contributed by atoms with Crippen LogP contribution in [0.25, 0.3) is 22.4 Å². The maximum Gasteiger partial charge on any atom is 0.276 e. The standard InChI is InChI=1S/C17H13N3OS2/c1-10-4-3-5-12(8-10)15-18-19-17-20(15)16(21)14(23-17)9-13-11(2)6-7-22-13/h3-9H,1-2H3. The molecular weight excluding hydrogens is 326 g/mol. The summed E-state index contributed by atoms with van der Waals surface area (Å²) in [5, 5.41) is 10.4. The molecule has 0 radical (unpaired) electrons. The molecule has 0 amide bonds. The number of hydrogen-bond donors (Lipinski definition) is 0. The number of thiophene rings is 1. The average Bonchev–Trinajstić information content (AvgIpc) is 3.19. The number of benzene rings is 1. The third-order valence-electron chi connectivity index (χ3n) is 3.69. The fourth-order valence-corrected chi connectivity index (χ4v) is 4.31. The Morgan fingerprint density at radius 2 is 2.04 bits per heavy atom. The first kappa shape index (κ1) is 14.3. The van der Waals surface area contributed by atoms with Crippen LogP contribution in [0.3, 0.4) is 0 Å². The average molecular weight is 339 g/mol. The molecular formula is C17H13N3OS2. The topological polar surface area (TPSA) is 47.3 Å². The van der Waals surface area contributed by atoms with E-state index in [0.29, 0.717) is 15.3 Å². The van der Waals surface area contributed by atoms with Crippen LogP contribution in [0.2, 0.25) is 0 Å². The predicted octanol–water partition coefficient (Wildman–Crippen LogP) is 3.04. The summed E-state index contributed by atoms with van der Waals surface area (Å²) in [6.45, 7) is 4.07. The van der Waals surface area contributed by atoms with Crippen molar-refractivity contribution in [2.75, 3.05) is 0 Å². The minimum atomic E-state index is -0.0562. The monoisotopic (exact) mass is 339 g/mol. The molecule has 0 atom stereocenters. The molecule has 0 aliphatic carbocycles. The Kier molecular flexibility index (Phi) is 3.36. The summed E-state index contributed by atoms with van der Waals surface area (Å²) in [6.07, 6.45) is 1.95. The molecule has 114 valence electrons. The highest BCUT2D eigenvalue weighted by Crippen LogP contribution is 2.19. The Morgan fingerprint density at radius 3 is 2.78 bits per heavy atom. The molecule has 0 saturated heterocycles. The van der Waals surface area contributed by atoms with Gasteiger partial charge in [0.25, 0.3) is 5.56 Å². The van der Waals surface area contributed by atoms with Crippen LogP contribution in [0, 0.1) is 13.8 Å². The van der Waals surface area contributed by atoms with Gasteiger partial charge in [0.1, 0.15) is 0 Å². The summed E-state index contributed by atoms with van der Waals surface area (Å²) in [5.41, 5.74) is 3.16. The van der Waals surface area contributed by atoms with Crippen molar-refractivity contribution in [3.63, 3.8) is 0 Å². The normalized spacial score (nSPS) is 12.3. The van der Waals surface area contributed by atoms with Crippen molar-refractivity contribution in [2.45, 2.75) is 13.8 Å². The van der Waals surface area contributed by atoms with Gasteiger partial charge in [-0.25, -0.2) is 4.40 Å². The van der Waals surface area contributed by atoms with Gasteiger partial charge in [0.05, 0.1) is 4.53 Å². The fraction of sp³-hybridized carbons (Fsp3) is 0.118. The lowest BCUT2D eigenvalue weighted by atomic mass is 10.1. The van der Waals surface area contributed by atoms with Gasteiger partial charge in [-0.3, -0.25) is 4.79 Å². The Balaban J connectivity index is 1.96. The van der Waals surface area contributed by atoms with Crippen molar-refractivity contribution < 1.29 is 0 Å². The highest BCUT2D eigenvalue weighted by atomic mass is 32.1. The summed E-state index contributed by atoms with van der Waals surface area (Å²) in [5.74, 6) is 0.604. The first-order valence-corrected chi connectivity index (χ1v) is 8.84. The number of hydrogen-bond acceptors (Lipinski definition) is 5. The predicted molar refractivity (Wildman–Crippen MR) is 95.1 cm³/mol. The van der Waals surface area contributed by atoms with Crippen LogP contribution in [-0.4, -0.2) is 14.6 Å². The van der Waals surface area contributed by atoms with E-state index in [1.54, 1.807) is 15.7 Å². The smallest absolute Gasteiger partial charge is 0.267 e. The zero-order chi connectivity index (χ0) is 16.0. The molecule has 0 unspecified atom stereocenters. The Labute approximate surface area is 140 Å². The van der Waals surface area contributed by atoms with Crippen molar-refractivity contribution in [1.29, 1.82) is 0 Å². The largest absolute Gasteiger partial charge is 0.276 e. The molecule has 0 aliphatic rings. The number of aromatic nitrogens is 3.